The molecule has 7 nitrogen and oxygen atoms in total. The van der Waals surface area contributed by atoms with Crippen LogP contribution >= 0.6 is 11.3 Å². The summed E-state index contributed by atoms with van der Waals surface area (Å²) in [5.41, 5.74) is 1.57. The number of amides is 1. The van der Waals surface area contributed by atoms with E-state index in [1.165, 1.54) is 22.3 Å². The maximum absolute atomic E-state index is 12.1. The van der Waals surface area contributed by atoms with Gasteiger partial charge in [-0.05, 0) is 52.2 Å². The molecule has 2 aromatic rings. The van der Waals surface area contributed by atoms with Gasteiger partial charge in [0.25, 0.3) is 10.1 Å². The van der Waals surface area contributed by atoms with E-state index < -0.39 is 21.8 Å². The number of thiazole rings is 1. The molecule has 9 heteroatoms. The van der Waals surface area contributed by atoms with Crippen molar-refractivity contribution < 1.29 is 22.5 Å². The molecular formula is C18H24N2O5S2. The Balaban J connectivity index is 2.11. The normalized spacial score (nSPS) is 12.1. The zero-order chi connectivity index (χ0) is 20.4. The average molecular weight is 413 g/mol. The lowest BCUT2D eigenvalue weighted by molar-refractivity contribution is 0.0589. The first-order valence-electron chi connectivity index (χ1n) is 8.35. The first-order valence-corrected chi connectivity index (χ1v) is 10.7. The zero-order valence-corrected chi connectivity index (χ0v) is 17.6. The number of carbonyl (C=O) groups is 1. The fourth-order valence-electron chi connectivity index (χ4n) is 2.39. The highest BCUT2D eigenvalue weighted by molar-refractivity contribution is 7.85. The number of rotatable bonds is 5. The van der Waals surface area contributed by atoms with Gasteiger partial charge < -0.3 is 4.74 Å². The first-order chi connectivity index (χ1) is 12.4. The topological polar surface area (TPSA) is 96.8 Å². The molecule has 1 aromatic heterocycles. The number of carbonyl (C=O) groups excluding carboxylic acids is 1. The highest BCUT2D eigenvalue weighted by atomic mass is 32.2. The maximum Gasteiger partial charge on any atom is 0.416 e. The number of hydrogen-bond acceptors (Lipinski definition) is 6. The maximum atomic E-state index is 12.1. The second-order valence-corrected chi connectivity index (χ2v) is 9.47. The highest BCUT2D eigenvalue weighted by Gasteiger charge is 2.22. The van der Waals surface area contributed by atoms with Crippen molar-refractivity contribution in [3.8, 4) is 0 Å². The van der Waals surface area contributed by atoms with E-state index in [1.54, 1.807) is 40.0 Å². The van der Waals surface area contributed by atoms with Crippen LogP contribution in [0.1, 0.15) is 37.6 Å². The van der Waals surface area contributed by atoms with Gasteiger partial charge in [-0.2, -0.15) is 8.42 Å². The van der Waals surface area contributed by atoms with Gasteiger partial charge in [-0.1, -0.05) is 17.7 Å². The van der Waals surface area contributed by atoms with E-state index in [2.05, 4.69) is 4.98 Å². The largest absolute Gasteiger partial charge is 0.443 e. The molecule has 0 aliphatic carbocycles. The van der Waals surface area contributed by atoms with Crippen molar-refractivity contribution in [2.75, 3.05) is 11.9 Å². The van der Waals surface area contributed by atoms with Crippen molar-refractivity contribution >= 4 is 32.7 Å². The van der Waals surface area contributed by atoms with E-state index in [9.17, 15) is 17.8 Å². The summed E-state index contributed by atoms with van der Waals surface area (Å²) in [5.74, 6) is 0. The van der Waals surface area contributed by atoms with E-state index in [1.807, 2.05) is 12.3 Å². The Kier molecular flexibility index (Phi) is 6.28. The number of hydrogen-bond donors (Lipinski definition) is 1. The van der Waals surface area contributed by atoms with Gasteiger partial charge in [-0.3, -0.25) is 9.45 Å². The summed E-state index contributed by atoms with van der Waals surface area (Å²) >= 11 is 1.31. The van der Waals surface area contributed by atoms with Crippen LogP contribution in [-0.4, -0.2) is 36.7 Å². The second kappa shape index (κ2) is 7.95. The second-order valence-electron chi connectivity index (χ2n) is 7.25. The fourth-order valence-corrected chi connectivity index (χ4v) is 3.94. The molecule has 0 aliphatic heterocycles. The van der Waals surface area contributed by atoms with Gasteiger partial charge in [0.05, 0.1) is 10.6 Å². The fraction of sp³-hybridized carbons (Fsp3) is 0.444. The van der Waals surface area contributed by atoms with E-state index in [0.29, 0.717) is 23.5 Å². The summed E-state index contributed by atoms with van der Waals surface area (Å²) in [5, 5.41) is 2.32. The molecule has 148 valence electrons. The van der Waals surface area contributed by atoms with Gasteiger partial charge in [0.1, 0.15) is 5.60 Å². The lowest BCUT2D eigenvalue weighted by atomic mass is 10.1. The summed E-state index contributed by atoms with van der Waals surface area (Å²) in [6.07, 6.45) is 0.386. The minimum atomic E-state index is -4.28. The predicted octanol–water partition coefficient (Wildman–Crippen LogP) is 3.85. The Bertz CT molecular complexity index is 929. The molecule has 1 heterocycles. The van der Waals surface area contributed by atoms with Crippen LogP contribution in [0.3, 0.4) is 0 Å². The Morgan fingerprint density at radius 2 is 1.96 bits per heavy atom. The van der Waals surface area contributed by atoms with E-state index in [4.69, 9.17) is 4.74 Å². The number of aryl methyl sites for hydroxylation is 3. The molecule has 27 heavy (non-hydrogen) atoms. The molecule has 0 unspecified atom stereocenters. The van der Waals surface area contributed by atoms with Crippen molar-refractivity contribution in [1.82, 2.24) is 4.98 Å². The number of anilines is 1. The Labute approximate surface area is 163 Å². The third-order valence-electron chi connectivity index (χ3n) is 3.64. The molecular weight excluding hydrogens is 388 g/mol. The van der Waals surface area contributed by atoms with Gasteiger partial charge in [-0.15, -0.1) is 11.3 Å². The molecule has 1 aromatic carbocycles. The highest BCUT2D eigenvalue weighted by Crippen LogP contribution is 2.24. The smallest absolute Gasteiger partial charge is 0.416 e. The van der Waals surface area contributed by atoms with Crippen molar-refractivity contribution in [2.24, 2.45) is 0 Å². The minimum Gasteiger partial charge on any atom is -0.443 e. The summed E-state index contributed by atoms with van der Waals surface area (Å²) in [6, 6.07) is 4.79. The molecule has 0 fully saturated rings. The van der Waals surface area contributed by atoms with Crippen LogP contribution in [-0.2, 0) is 27.7 Å². The van der Waals surface area contributed by atoms with Crippen LogP contribution in [0.2, 0.25) is 0 Å². The van der Waals surface area contributed by atoms with Crippen LogP contribution < -0.4 is 4.90 Å². The van der Waals surface area contributed by atoms with Gasteiger partial charge in [0.2, 0.25) is 0 Å². The van der Waals surface area contributed by atoms with Crippen molar-refractivity contribution in [1.29, 1.82) is 0 Å². The quantitative estimate of drug-likeness (QED) is 0.749. The minimum absolute atomic E-state index is 0.0885. The van der Waals surface area contributed by atoms with E-state index in [-0.39, 0.29) is 4.90 Å². The van der Waals surface area contributed by atoms with Crippen LogP contribution in [0, 0.1) is 6.92 Å². The zero-order valence-electron chi connectivity index (χ0n) is 16.0. The third kappa shape index (κ3) is 6.02. The number of benzene rings is 1. The molecule has 0 saturated heterocycles. The van der Waals surface area contributed by atoms with Crippen molar-refractivity contribution in [3.05, 3.63) is 40.4 Å². The van der Waals surface area contributed by atoms with Gasteiger partial charge in [-0.25, -0.2) is 9.78 Å². The lowest BCUT2D eigenvalue weighted by Gasteiger charge is -2.23. The van der Waals surface area contributed by atoms with Gasteiger partial charge >= 0.3 is 6.09 Å². The molecule has 1 N–H and O–H groups in total. The van der Waals surface area contributed by atoms with E-state index >= 15 is 0 Å². The first kappa shape index (κ1) is 21.3. The summed E-state index contributed by atoms with van der Waals surface area (Å²) in [6.45, 7) is 7.23. The summed E-state index contributed by atoms with van der Waals surface area (Å²) in [7, 11) is -2.69. The molecule has 0 saturated carbocycles. The van der Waals surface area contributed by atoms with Crippen LogP contribution in [0.4, 0.5) is 9.93 Å². The lowest BCUT2D eigenvalue weighted by Crippen LogP contribution is -2.34. The number of ether oxygens (including phenoxy) is 1. The molecule has 0 bridgehead atoms. The molecule has 0 radical (unpaired) electrons. The monoisotopic (exact) mass is 412 g/mol. The Hall–Kier alpha value is -1.97. The number of nitrogens with zero attached hydrogens (tertiary/aromatic N) is 2. The van der Waals surface area contributed by atoms with Crippen LogP contribution in [0.5, 0.6) is 0 Å². The number of aromatic nitrogens is 1. The summed E-state index contributed by atoms with van der Waals surface area (Å²) < 4.78 is 37.8. The Morgan fingerprint density at radius 3 is 2.56 bits per heavy atom. The van der Waals surface area contributed by atoms with Gasteiger partial charge in [0.15, 0.2) is 5.13 Å². The molecule has 1 amide bonds. The van der Waals surface area contributed by atoms with Gasteiger partial charge in [0, 0.05) is 12.4 Å². The van der Waals surface area contributed by atoms with Crippen molar-refractivity contribution in [3.63, 3.8) is 0 Å². The summed E-state index contributed by atoms with van der Waals surface area (Å²) in [4.78, 5) is 17.8. The molecule has 0 spiro atoms. The molecule has 2 rings (SSSR count). The Morgan fingerprint density at radius 1 is 1.30 bits per heavy atom. The van der Waals surface area contributed by atoms with E-state index in [0.717, 1.165) is 11.3 Å². The average Bonchev–Trinajstić information content (AvgIpc) is 2.98. The van der Waals surface area contributed by atoms with Crippen LogP contribution in [0.25, 0.3) is 0 Å². The standard InChI is InChI=1S/C18H24N2O5S2/c1-12-6-9-15(27(22,23)24)13(10-12)7-8-14-11-26-16(19-14)20(5)17(21)25-18(2,3)4/h6,9-11H,7-8H2,1-5H3,(H,22,23,24). The van der Waals surface area contributed by atoms with Crippen molar-refractivity contribution in [2.45, 2.75) is 51.0 Å². The third-order valence-corrected chi connectivity index (χ3v) is 5.56. The van der Waals surface area contributed by atoms with Crippen LogP contribution in [0.15, 0.2) is 28.5 Å². The SMILES string of the molecule is Cc1ccc(S(=O)(=O)O)c(CCc2csc(N(C)C(=O)OC(C)(C)C)n2)c1. The predicted molar refractivity (Wildman–Crippen MR) is 105 cm³/mol. The molecule has 0 aliphatic rings. The molecule has 0 atom stereocenters.